The molecule has 11 heteroatoms. The molecule has 1 aliphatic heterocycles. The highest BCUT2D eigenvalue weighted by Gasteiger charge is 2.22. The molecule has 0 atom stereocenters. The first-order valence-electron chi connectivity index (χ1n) is 10.5. The Morgan fingerprint density at radius 1 is 1.34 bits per heavy atom. The van der Waals surface area contributed by atoms with Crippen molar-refractivity contribution in [3.63, 3.8) is 0 Å². The van der Waals surface area contributed by atoms with Crippen molar-refractivity contribution in [3.05, 3.63) is 46.5 Å². The lowest BCUT2D eigenvalue weighted by molar-refractivity contribution is -0.0247. The number of primary amides is 1. The fourth-order valence-electron chi connectivity index (χ4n) is 3.40. The van der Waals surface area contributed by atoms with E-state index in [4.69, 9.17) is 15.2 Å². The van der Waals surface area contributed by atoms with Crippen LogP contribution in [0.15, 0.2) is 35.4 Å². The largest absolute Gasteiger partial charge is 0.381 e. The SMILES string of the molecule is CNc1cc(Nc2cccn(C3COC3)c2=O)nc2c(C(N)=O)cnn12.COC1CCC1. The Kier molecular flexibility index (Phi) is 6.37. The van der Waals surface area contributed by atoms with Gasteiger partial charge in [0.2, 0.25) is 0 Å². The van der Waals surface area contributed by atoms with Crippen LogP contribution in [0.3, 0.4) is 0 Å². The van der Waals surface area contributed by atoms with Crippen molar-refractivity contribution >= 4 is 28.9 Å². The topological polar surface area (TPSA) is 138 Å². The molecule has 11 nitrogen and oxygen atoms in total. The van der Waals surface area contributed by atoms with E-state index in [-0.39, 0.29) is 17.2 Å². The van der Waals surface area contributed by atoms with Crippen molar-refractivity contribution in [2.75, 3.05) is 38.0 Å². The summed E-state index contributed by atoms with van der Waals surface area (Å²) >= 11 is 0. The van der Waals surface area contributed by atoms with Crippen LogP contribution in [0, 0.1) is 0 Å². The van der Waals surface area contributed by atoms with Crippen LogP contribution in [0.5, 0.6) is 0 Å². The Morgan fingerprint density at radius 3 is 2.66 bits per heavy atom. The Bertz CT molecular complexity index is 1160. The number of anilines is 3. The second kappa shape index (κ2) is 9.37. The third-order valence-electron chi connectivity index (χ3n) is 5.63. The molecule has 3 aromatic rings. The summed E-state index contributed by atoms with van der Waals surface area (Å²) in [6, 6.07) is 5.19. The van der Waals surface area contributed by atoms with Crippen molar-refractivity contribution < 1.29 is 14.3 Å². The van der Waals surface area contributed by atoms with Crippen LogP contribution in [-0.4, -0.2) is 58.5 Å². The Labute approximate surface area is 184 Å². The highest BCUT2D eigenvalue weighted by molar-refractivity contribution is 5.98. The van der Waals surface area contributed by atoms with Crippen molar-refractivity contribution in [3.8, 4) is 0 Å². The predicted octanol–water partition coefficient (Wildman–Crippen LogP) is 1.53. The van der Waals surface area contributed by atoms with Crippen LogP contribution in [-0.2, 0) is 9.47 Å². The van der Waals surface area contributed by atoms with Gasteiger partial charge in [0.25, 0.3) is 11.5 Å². The number of nitrogens with two attached hydrogens (primary N) is 1. The molecule has 0 aromatic carbocycles. The van der Waals surface area contributed by atoms with Crippen molar-refractivity contribution in [1.82, 2.24) is 19.2 Å². The maximum Gasteiger partial charge on any atom is 0.274 e. The first-order chi connectivity index (χ1) is 15.5. The van der Waals surface area contributed by atoms with Crippen LogP contribution in [0.4, 0.5) is 17.3 Å². The molecule has 0 unspecified atom stereocenters. The van der Waals surface area contributed by atoms with Crippen LogP contribution >= 0.6 is 0 Å². The second-order valence-corrected chi connectivity index (χ2v) is 7.67. The van der Waals surface area contributed by atoms with E-state index in [0.29, 0.717) is 42.3 Å². The third-order valence-corrected chi connectivity index (χ3v) is 5.63. The fourth-order valence-corrected chi connectivity index (χ4v) is 3.40. The number of hydrogen-bond acceptors (Lipinski definition) is 8. The lowest BCUT2D eigenvalue weighted by Crippen LogP contribution is -2.37. The molecule has 1 saturated carbocycles. The van der Waals surface area contributed by atoms with E-state index in [2.05, 4.69) is 20.7 Å². The molecule has 0 radical (unpaired) electrons. The van der Waals surface area contributed by atoms with E-state index in [1.165, 1.54) is 30.0 Å². The minimum absolute atomic E-state index is 0.0452. The molecule has 5 rings (SSSR count). The number of carbonyl (C=O) groups is 1. The van der Waals surface area contributed by atoms with Gasteiger partial charge in [0.1, 0.15) is 22.9 Å². The van der Waals surface area contributed by atoms with Crippen molar-refractivity contribution in [2.24, 2.45) is 5.73 Å². The zero-order chi connectivity index (χ0) is 22.7. The van der Waals surface area contributed by atoms with E-state index >= 15 is 0 Å². The molecule has 1 amide bonds. The molecular weight excluding hydrogens is 414 g/mol. The molecule has 1 aliphatic carbocycles. The molecule has 4 heterocycles. The standard InChI is InChI=1S/C16H17N7O3.C5H10O/c1-18-13-5-12(21-15-10(14(17)24)6-19-23(13)15)20-11-3-2-4-22(16(11)25)9-7-26-8-9;1-6-5-3-2-4-5/h2-6,9,18H,7-8H2,1H3,(H2,17,24)(H,20,21);5H,2-4H2,1H3. The fraction of sp³-hybridized carbons (Fsp3) is 0.429. The Morgan fingerprint density at radius 2 is 2.12 bits per heavy atom. The quantitative estimate of drug-likeness (QED) is 0.524. The van der Waals surface area contributed by atoms with Gasteiger partial charge in [-0.2, -0.15) is 9.61 Å². The molecule has 2 fully saturated rings. The molecule has 32 heavy (non-hydrogen) atoms. The van der Waals surface area contributed by atoms with E-state index in [1.807, 2.05) is 0 Å². The van der Waals surface area contributed by atoms with E-state index in [0.717, 1.165) is 0 Å². The average molecular weight is 441 g/mol. The predicted molar refractivity (Wildman–Crippen MR) is 120 cm³/mol. The second-order valence-electron chi connectivity index (χ2n) is 7.67. The number of ether oxygens (including phenoxy) is 2. The number of methoxy groups -OCH3 is 1. The summed E-state index contributed by atoms with van der Waals surface area (Å²) in [4.78, 5) is 28.6. The molecule has 2 aliphatic rings. The minimum Gasteiger partial charge on any atom is -0.381 e. The Hall–Kier alpha value is -3.44. The molecular formula is C21H27N7O4. The maximum atomic E-state index is 12.7. The van der Waals surface area contributed by atoms with E-state index < -0.39 is 5.91 Å². The summed E-state index contributed by atoms with van der Waals surface area (Å²) < 4.78 is 13.2. The van der Waals surface area contributed by atoms with Gasteiger partial charge in [-0.25, -0.2) is 4.98 Å². The van der Waals surface area contributed by atoms with Gasteiger partial charge >= 0.3 is 0 Å². The summed E-state index contributed by atoms with van der Waals surface area (Å²) in [5.74, 6) is 0.358. The number of hydrogen-bond donors (Lipinski definition) is 3. The zero-order valence-corrected chi connectivity index (χ0v) is 18.1. The Balaban J connectivity index is 0.000000354. The van der Waals surface area contributed by atoms with Gasteiger partial charge in [-0.3, -0.25) is 9.59 Å². The third kappa shape index (κ3) is 4.30. The van der Waals surface area contributed by atoms with Crippen molar-refractivity contribution in [1.29, 1.82) is 0 Å². The van der Waals surface area contributed by atoms with Crippen LogP contribution in [0.1, 0.15) is 35.7 Å². The summed E-state index contributed by atoms with van der Waals surface area (Å²) in [6.07, 6.45) is 7.66. The average Bonchev–Trinajstić information content (AvgIpc) is 3.13. The van der Waals surface area contributed by atoms with Gasteiger partial charge in [0.05, 0.1) is 31.6 Å². The number of aromatic nitrogens is 4. The van der Waals surface area contributed by atoms with Crippen LogP contribution < -0.4 is 21.9 Å². The number of nitrogens with one attached hydrogen (secondary N) is 2. The smallest absolute Gasteiger partial charge is 0.274 e. The van der Waals surface area contributed by atoms with Crippen molar-refractivity contribution in [2.45, 2.75) is 31.4 Å². The van der Waals surface area contributed by atoms with Gasteiger partial charge in [-0.15, -0.1) is 0 Å². The number of fused-ring (bicyclic) bond motifs is 1. The first kappa shape index (κ1) is 21.8. The molecule has 0 spiro atoms. The molecule has 170 valence electrons. The van der Waals surface area contributed by atoms with Crippen LogP contribution in [0.25, 0.3) is 5.65 Å². The highest BCUT2D eigenvalue weighted by atomic mass is 16.5. The number of nitrogens with zero attached hydrogens (tertiary/aromatic N) is 4. The monoisotopic (exact) mass is 441 g/mol. The van der Waals surface area contributed by atoms with E-state index in [9.17, 15) is 9.59 Å². The number of rotatable bonds is 6. The normalized spacial score (nSPS) is 15.9. The zero-order valence-electron chi connectivity index (χ0n) is 18.1. The summed E-state index contributed by atoms with van der Waals surface area (Å²) in [5.41, 5.74) is 6.08. The molecule has 1 saturated heterocycles. The summed E-state index contributed by atoms with van der Waals surface area (Å²) in [5, 5.41) is 10.1. The maximum absolute atomic E-state index is 12.7. The lowest BCUT2D eigenvalue weighted by Gasteiger charge is -2.28. The van der Waals surface area contributed by atoms with Gasteiger partial charge in [0, 0.05) is 26.4 Å². The number of carbonyl (C=O) groups excluding carboxylic acids is 1. The summed E-state index contributed by atoms with van der Waals surface area (Å²) in [7, 11) is 3.50. The minimum atomic E-state index is -0.626. The first-order valence-corrected chi connectivity index (χ1v) is 10.5. The molecule has 0 bridgehead atoms. The van der Waals surface area contributed by atoms with Gasteiger partial charge in [-0.1, -0.05) is 0 Å². The highest BCUT2D eigenvalue weighted by Crippen LogP contribution is 2.22. The van der Waals surface area contributed by atoms with Gasteiger partial charge in [-0.05, 0) is 31.4 Å². The lowest BCUT2D eigenvalue weighted by atomic mass is 9.96. The number of amides is 1. The van der Waals surface area contributed by atoms with Crippen LogP contribution in [0.2, 0.25) is 0 Å². The molecule has 3 aromatic heterocycles. The number of pyridine rings is 1. The van der Waals surface area contributed by atoms with E-state index in [1.54, 1.807) is 43.1 Å². The summed E-state index contributed by atoms with van der Waals surface area (Å²) in [6.45, 7) is 1.05. The van der Waals surface area contributed by atoms with Gasteiger partial charge in [0.15, 0.2) is 5.65 Å². The molecule has 4 N–H and O–H groups in total. The van der Waals surface area contributed by atoms with Gasteiger partial charge < -0.3 is 30.4 Å².